The lowest BCUT2D eigenvalue weighted by molar-refractivity contribution is -0.140. The van der Waals surface area contributed by atoms with E-state index in [9.17, 15) is 9.59 Å². The number of aryl methyl sites for hydroxylation is 1. The van der Waals surface area contributed by atoms with Crippen molar-refractivity contribution in [1.82, 2.24) is 10.2 Å². The van der Waals surface area contributed by atoms with Crippen molar-refractivity contribution in [3.8, 4) is 0 Å². The van der Waals surface area contributed by atoms with E-state index >= 15 is 0 Å². The third-order valence-electron chi connectivity index (χ3n) is 4.42. The van der Waals surface area contributed by atoms with Crippen LogP contribution in [0.2, 0.25) is 10.0 Å². The average Bonchev–Trinajstić information content (AvgIpc) is 2.63. The van der Waals surface area contributed by atoms with Crippen molar-refractivity contribution in [1.29, 1.82) is 0 Å². The third-order valence-corrected chi connectivity index (χ3v) is 5.01. The average molecular weight is 407 g/mol. The predicted octanol–water partition coefficient (Wildman–Crippen LogP) is 4.40. The van der Waals surface area contributed by atoms with Crippen LogP contribution in [0.3, 0.4) is 0 Å². The van der Waals surface area contributed by atoms with Gasteiger partial charge in [-0.05, 0) is 36.6 Å². The van der Waals surface area contributed by atoms with Crippen molar-refractivity contribution in [2.24, 2.45) is 0 Å². The summed E-state index contributed by atoms with van der Waals surface area (Å²) in [5.41, 5.74) is 2.77. The molecule has 2 aromatic rings. The number of carbonyl (C=O) groups excluding carboxylic acids is 2. The molecule has 144 valence electrons. The zero-order valence-electron chi connectivity index (χ0n) is 15.8. The maximum Gasteiger partial charge on any atom is 0.242 e. The summed E-state index contributed by atoms with van der Waals surface area (Å²) in [7, 11) is 1.58. The third kappa shape index (κ3) is 5.72. The highest BCUT2D eigenvalue weighted by molar-refractivity contribution is 6.35. The molecule has 0 aromatic heterocycles. The lowest BCUT2D eigenvalue weighted by Gasteiger charge is -2.30. The summed E-state index contributed by atoms with van der Waals surface area (Å²) in [6, 6.07) is 12.4. The molecule has 0 bridgehead atoms. The quantitative estimate of drug-likeness (QED) is 0.740. The molecule has 2 rings (SSSR count). The maximum atomic E-state index is 13.1. The number of nitrogens with zero attached hydrogens (tertiary/aromatic N) is 1. The van der Waals surface area contributed by atoms with Gasteiger partial charge in [-0.3, -0.25) is 9.59 Å². The Morgan fingerprint density at radius 3 is 2.48 bits per heavy atom. The highest BCUT2D eigenvalue weighted by atomic mass is 35.5. The van der Waals surface area contributed by atoms with E-state index in [1.54, 1.807) is 30.1 Å². The summed E-state index contributed by atoms with van der Waals surface area (Å²) in [6.07, 6.45) is 0.626. The number of hydrogen-bond donors (Lipinski definition) is 1. The van der Waals surface area contributed by atoms with Crippen molar-refractivity contribution in [2.75, 3.05) is 7.05 Å². The van der Waals surface area contributed by atoms with Crippen molar-refractivity contribution in [3.05, 3.63) is 69.2 Å². The molecule has 1 atom stereocenters. The first-order valence-corrected chi connectivity index (χ1v) is 9.61. The molecule has 0 fully saturated rings. The first-order chi connectivity index (χ1) is 12.8. The summed E-state index contributed by atoms with van der Waals surface area (Å²) < 4.78 is 0. The van der Waals surface area contributed by atoms with Gasteiger partial charge < -0.3 is 10.2 Å². The van der Waals surface area contributed by atoms with Crippen LogP contribution in [0.4, 0.5) is 0 Å². The molecule has 2 aromatic carbocycles. The first kappa shape index (κ1) is 21.3. The van der Waals surface area contributed by atoms with E-state index in [0.29, 0.717) is 28.6 Å². The standard InChI is InChI=1S/C21H24Cl2N2O2/c1-4-19(21(27)24-3)25(13-15-7-5-6-14(2)10-15)20(26)11-16-8-9-17(22)12-18(16)23/h5-10,12,19H,4,11,13H2,1-3H3,(H,24,27)/t19-/m1/s1. The Labute approximate surface area is 170 Å². The van der Waals surface area contributed by atoms with E-state index in [1.807, 2.05) is 38.1 Å². The molecule has 27 heavy (non-hydrogen) atoms. The Kier molecular flexibility index (Phi) is 7.69. The van der Waals surface area contributed by atoms with E-state index < -0.39 is 6.04 Å². The zero-order valence-corrected chi connectivity index (χ0v) is 17.3. The van der Waals surface area contributed by atoms with Gasteiger partial charge in [0.15, 0.2) is 0 Å². The van der Waals surface area contributed by atoms with Crippen LogP contribution in [0.25, 0.3) is 0 Å². The summed E-state index contributed by atoms with van der Waals surface area (Å²) in [4.78, 5) is 27.1. The normalized spacial score (nSPS) is 11.7. The molecule has 0 saturated carbocycles. The van der Waals surface area contributed by atoms with Gasteiger partial charge in [-0.25, -0.2) is 0 Å². The van der Waals surface area contributed by atoms with Gasteiger partial charge in [0.25, 0.3) is 0 Å². The van der Waals surface area contributed by atoms with Gasteiger partial charge in [0.1, 0.15) is 6.04 Å². The second-order valence-electron chi connectivity index (χ2n) is 6.46. The summed E-state index contributed by atoms with van der Waals surface area (Å²) >= 11 is 12.2. The van der Waals surface area contributed by atoms with Gasteiger partial charge in [0.2, 0.25) is 11.8 Å². The second-order valence-corrected chi connectivity index (χ2v) is 7.31. The van der Waals surface area contributed by atoms with Crippen molar-refractivity contribution < 1.29 is 9.59 Å². The van der Waals surface area contributed by atoms with Gasteiger partial charge >= 0.3 is 0 Å². The van der Waals surface area contributed by atoms with E-state index in [4.69, 9.17) is 23.2 Å². The van der Waals surface area contributed by atoms with Gasteiger partial charge in [-0.2, -0.15) is 0 Å². The number of hydrogen-bond acceptors (Lipinski definition) is 2. The minimum absolute atomic E-state index is 0.106. The maximum absolute atomic E-state index is 13.1. The van der Waals surface area contributed by atoms with Crippen molar-refractivity contribution in [3.63, 3.8) is 0 Å². The number of nitrogens with one attached hydrogen (secondary N) is 1. The fourth-order valence-corrected chi connectivity index (χ4v) is 3.50. The highest BCUT2D eigenvalue weighted by Crippen LogP contribution is 2.23. The number of halogens is 2. The van der Waals surface area contributed by atoms with Gasteiger partial charge in [-0.1, -0.05) is 66.0 Å². The van der Waals surface area contributed by atoms with Crippen LogP contribution in [0.1, 0.15) is 30.0 Å². The molecule has 0 radical (unpaired) electrons. The van der Waals surface area contributed by atoms with Crippen LogP contribution in [0, 0.1) is 6.92 Å². The Balaban J connectivity index is 2.31. The number of carbonyl (C=O) groups is 2. The largest absolute Gasteiger partial charge is 0.357 e. The molecule has 0 aliphatic heterocycles. The van der Waals surface area contributed by atoms with Gasteiger partial charge in [0.05, 0.1) is 6.42 Å². The topological polar surface area (TPSA) is 49.4 Å². The monoisotopic (exact) mass is 406 g/mol. The lowest BCUT2D eigenvalue weighted by atomic mass is 10.1. The van der Waals surface area contributed by atoms with Crippen LogP contribution >= 0.6 is 23.2 Å². The summed E-state index contributed by atoms with van der Waals surface area (Å²) in [6.45, 7) is 4.25. The number of likely N-dealkylation sites (N-methyl/N-ethyl adjacent to an activating group) is 1. The zero-order chi connectivity index (χ0) is 20.0. The Morgan fingerprint density at radius 1 is 1.15 bits per heavy atom. The number of rotatable bonds is 7. The summed E-state index contributed by atoms with van der Waals surface area (Å²) in [5, 5.41) is 3.62. The predicted molar refractivity (Wildman–Crippen MR) is 110 cm³/mol. The van der Waals surface area contributed by atoms with E-state index in [-0.39, 0.29) is 18.2 Å². The van der Waals surface area contributed by atoms with E-state index in [1.165, 1.54) is 0 Å². The fourth-order valence-electron chi connectivity index (χ4n) is 3.02. The number of benzene rings is 2. The van der Waals surface area contributed by atoms with Crippen LogP contribution in [0.15, 0.2) is 42.5 Å². The van der Waals surface area contributed by atoms with Crippen LogP contribution < -0.4 is 5.32 Å². The van der Waals surface area contributed by atoms with Crippen molar-refractivity contribution >= 4 is 35.0 Å². The molecule has 1 N–H and O–H groups in total. The van der Waals surface area contributed by atoms with Crippen LogP contribution in [-0.4, -0.2) is 29.8 Å². The van der Waals surface area contributed by atoms with Gasteiger partial charge in [-0.15, -0.1) is 0 Å². The fraction of sp³-hybridized carbons (Fsp3) is 0.333. The molecule has 0 spiro atoms. The molecule has 4 nitrogen and oxygen atoms in total. The van der Waals surface area contributed by atoms with E-state index in [2.05, 4.69) is 5.32 Å². The molecule has 0 aliphatic carbocycles. The molecule has 0 heterocycles. The SMILES string of the molecule is CC[C@H](C(=O)NC)N(Cc1cccc(C)c1)C(=O)Cc1ccc(Cl)cc1Cl. The first-order valence-electron chi connectivity index (χ1n) is 8.86. The molecular formula is C21H24Cl2N2O2. The lowest BCUT2D eigenvalue weighted by Crippen LogP contribution is -2.48. The molecule has 2 amide bonds. The Hall–Kier alpha value is -2.04. The molecule has 0 aliphatic rings. The molecule has 6 heteroatoms. The van der Waals surface area contributed by atoms with Gasteiger partial charge in [0, 0.05) is 23.6 Å². The second kappa shape index (κ2) is 9.77. The molecule has 0 unspecified atom stereocenters. The smallest absolute Gasteiger partial charge is 0.242 e. The van der Waals surface area contributed by atoms with Crippen LogP contribution in [-0.2, 0) is 22.6 Å². The summed E-state index contributed by atoms with van der Waals surface area (Å²) in [5.74, 6) is -0.336. The minimum atomic E-state index is -0.547. The number of amides is 2. The molecule has 0 saturated heterocycles. The van der Waals surface area contributed by atoms with Crippen LogP contribution in [0.5, 0.6) is 0 Å². The Bertz CT molecular complexity index is 824. The van der Waals surface area contributed by atoms with E-state index in [0.717, 1.165) is 11.1 Å². The minimum Gasteiger partial charge on any atom is -0.357 e. The van der Waals surface area contributed by atoms with Crippen molar-refractivity contribution in [2.45, 2.75) is 39.3 Å². The Morgan fingerprint density at radius 2 is 1.89 bits per heavy atom. The highest BCUT2D eigenvalue weighted by Gasteiger charge is 2.28. The molecular weight excluding hydrogens is 383 g/mol.